The van der Waals surface area contributed by atoms with E-state index in [2.05, 4.69) is 0 Å². The highest BCUT2D eigenvalue weighted by Crippen LogP contribution is 2.05. The van der Waals surface area contributed by atoms with Crippen molar-refractivity contribution in [2.24, 2.45) is 0 Å². The largest absolute Gasteiger partial charge is 0.466 e. The van der Waals surface area contributed by atoms with E-state index in [0.717, 1.165) is 5.56 Å². The van der Waals surface area contributed by atoms with Crippen molar-refractivity contribution in [1.82, 2.24) is 0 Å². The number of hydrogen-bond acceptors (Lipinski definition) is 3. The lowest BCUT2D eigenvalue weighted by atomic mass is 10.1. The fourth-order valence-corrected chi connectivity index (χ4v) is 1.30. The minimum atomic E-state index is -0.394. The molecule has 0 unspecified atom stereocenters. The Morgan fingerprint density at radius 1 is 1.38 bits per heavy atom. The molecule has 3 nitrogen and oxygen atoms in total. The molecule has 0 amide bonds. The van der Waals surface area contributed by atoms with Crippen LogP contribution in [0.4, 0.5) is 4.39 Å². The molecule has 1 rings (SSSR count). The molecular weight excluding hydrogens is 209 g/mol. The maximum atomic E-state index is 12.6. The first-order valence-corrected chi connectivity index (χ1v) is 5.08. The summed E-state index contributed by atoms with van der Waals surface area (Å²) in [5.74, 6) is -0.699. The highest BCUT2D eigenvalue weighted by Gasteiger charge is 2.07. The summed E-state index contributed by atoms with van der Waals surface area (Å²) >= 11 is 0. The van der Waals surface area contributed by atoms with Crippen LogP contribution in [0.1, 0.15) is 18.9 Å². The number of nitrogens with one attached hydrogen (secondary N) is 1. The Labute approximate surface area is 93.7 Å². The van der Waals surface area contributed by atoms with Crippen LogP contribution < -0.4 is 0 Å². The molecule has 4 heteroatoms. The van der Waals surface area contributed by atoms with Gasteiger partial charge in [0.1, 0.15) is 5.82 Å². The van der Waals surface area contributed by atoms with Gasteiger partial charge < -0.3 is 10.1 Å². The summed E-state index contributed by atoms with van der Waals surface area (Å²) in [7, 11) is 0. The van der Waals surface area contributed by atoms with Crippen molar-refractivity contribution < 1.29 is 13.9 Å². The summed E-state index contributed by atoms with van der Waals surface area (Å²) in [6.07, 6.45) is 0.338. The van der Waals surface area contributed by atoms with E-state index < -0.39 is 5.97 Å². The Balaban J connectivity index is 2.45. The lowest BCUT2D eigenvalue weighted by molar-refractivity contribution is -0.141. The van der Waals surface area contributed by atoms with Crippen LogP contribution in [0, 0.1) is 11.2 Å². The van der Waals surface area contributed by atoms with Gasteiger partial charge in [0.2, 0.25) is 0 Å². The van der Waals surface area contributed by atoms with Crippen LogP contribution >= 0.6 is 0 Å². The minimum Gasteiger partial charge on any atom is -0.466 e. The molecule has 0 aliphatic heterocycles. The molecule has 16 heavy (non-hydrogen) atoms. The molecule has 0 aliphatic rings. The van der Waals surface area contributed by atoms with Gasteiger partial charge in [0.15, 0.2) is 0 Å². The van der Waals surface area contributed by atoms with Gasteiger partial charge in [0, 0.05) is 12.1 Å². The molecule has 86 valence electrons. The second kappa shape index (κ2) is 6.00. The van der Waals surface area contributed by atoms with E-state index in [1.54, 1.807) is 19.1 Å². The number of ether oxygens (including phenoxy) is 1. The lowest BCUT2D eigenvalue weighted by Gasteiger charge is -2.04. The molecule has 0 heterocycles. The van der Waals surface area contributed by atoms with Crippen LogP contribution in [0.25, 0.3) is 0 Å². The van der Waals surface area contributed by atoms with Crippen molar-refractivity contribution in [3.05, 3.63) is 35.6 Å². The molecule has 1 aromatic carbocycles. The lowest BCUT2D eigenvalue weighted by Crippen LogP contribution is -2.12. The van der Waals surface area contributed by atoms with E-state index in [-0.39, 0.29) is 17.9 Å². The molecule has 0 saturated carbocycles. The van der Waals surface area contributed by atoms with Crippen molar-refractivity contribution >= 4 is 11.7 Å². The van der Waals surface area contributed by atoms with Gasteiger partial charge in [-0.15, -0.1) is 0 Å². The zero-order valence-corrected chi connectivity index (χ0v) is 9.13. The van der Waals surface area contributed by atoms with Crippen molar-refractivity contribution in [2.45, 2.75) is 19.8 Å². The van der Waals surface area contributed by atoms with Gasteiger partial charge in [-0.3, -0.25) is 4.79 Å². The van der Waals surface area contributed by atoms with Crippen molar-refractivity contribution in [3.63, 3.8) is 0 Å². The average molecular weight is 223 g/mol. The Morgan fingerprint density at radius 2 is 2.00 bits per heavy atom. The van der Waals surface area contributed by atoms with Crippen LogP contribution in [0.2, 0.25) is 0 Å². The molecule has 0 bridgehead atoms. The maximum absolute atomic E-state index is 12.6. The number of esters is 1. The molecule has 0 aliphatic carbocycles. The van der Waals surface area contributed by atoms with Crippen LogP contribution in [0.5, 0.6) is 0 Å². The van der Waals surface area contributed by atoms with Crippen LogP contribution in [0.3, 0.4) is 0 Å². The van der Waals surface area contributed by atoms with E-state index in [1.165, 1.54) is 12.1 Å². The standard InChI is InChI=1S/C12H14FNO2/c1-2-16-12(15)8-11(14)7-9-3-5-10(13)6-4-9/h3-6,14H,2,7-8H2,1H3. The molecule has 0 radical (unpaired) electrons. The van der Waals surface area contributed by atoms with Crippen molar-refractivity contribution in [3.8, 4) is 0 Å². The summed E-state index contributed by atoms with van der Waals surface area (Å²) in [4.78, 5) is 11.1. The van der Waals surface area contributed by atoms with Crippen molar-refractivity contribution in [2.75, 3.05) is 6.61 Å². The van der Waals surface area contributed by atoms with Crippen LogP contribution in [-0.4, -0.2) is 18.3 Å². The summed E-state index contributed by atoms with van der Waals surface area (Å²) in [5.41, 5.74) is 1.08. The summed E-state index contributed by atoms with van der Waals surface area (Å²) < 4.78 is 17.3. The van der Waals surface area contributed by atoms with E-state index in [4.69, 9.17) is 10.1 Å². The SMILES string of the molecule is CCOC(=O)CC(=N)Cc1ccc(F)cc1. The molecule has 0 saturated heterocycles. The fourth-order valence-electron chi connectivity index (χ4n) is 1.30. The number of carbonyl (C=O) groups is 1. The molecule has 0 fully saturated rings. The second-order valence-electron chi connectivity index (χ2n) is 3.39. The topological polar surface area (TPSA) is 50.2 Å². The maximum Gasteiger partial charge on any atom is 0.311 e. The third-order valence-corrected chi connectivity index (χ3v) is 1.99. The van der Waals surface area contributed by atoms with Gasteiger partial charge in [-0.05, 0) is 24.6 Å². The molecule has 0 spiro atoms. The summed E-state index contributed by atoms with van der Waals surface area (Å²) in [5, 5.41) is 7.59. The van der Waals surface area contributed by atoms with E-state index in [9.17, 15) is 9.18 Å². The molecule has 1 aromatic rings. The van der Waals surface area contributed by atoms with E-state index in [0.29, 0.717) is 13.0 Å². The Hall–Kier alpha value is -1.71. The van der Waals surface area contributed by atoms with Crippen LogP contribution in [-0.2, 0) is 16.0 Å². The number of halogens is 1. The zero-order valence-electron chi connectivity index (χ0n) is 9.13. The first-order valence-electron chi connectivity index (χ1n) is 5.08. The van der Waals surface area contributed by atoms with Crippen molar-refractivity contribution in [1.29, 1.82) is 5.41 Å². The zero-order chi connectivity index (χ0) is 12.0. The normalized spacial score (nSPS) is 9.88. The first kappa shape index (κ1) is 12.4. The highest BCUT2D eigenvalue weighted by molar-refractivity contribution is 5.98. The summed E-state index contributed by atoms with van der Waals surface area (Å²) in [6, 6.07) is 5.89. The monoisotopic (exact) mass is 223 g/mol. The quantitative estimate of drug-likeness (QED) is 0.615. The van der Waals surface area contributed by atoms with Gasteiger partial charge in [-0.2, -0.15) is 0 Å². The third-order valence-electron chi connectivity index (χ3n) is 1.99. The number of benzene rings is 1. The number of rotatable bonds is 5. The van der Waals surface area contributed by atoms with Crippen LogP contribution in [0.15, 0.2) is 24.3 Å². The van der Waals surface area contributed by atoms with Gasteiger partial charge in [-0.1, -0.05) is 12.1 Å². The minimum absolute atomic E-state index is 0.00871. The van der Waals surface area contributed by atoms with Gasteiger partial charge in [0.25, 0.3) is 0 Å². The highest BCUT2D eigenvalue weighted by atomic mass is 19.1. The van der Waals surface area contributed by atoms with Gasteiger partial charge >= 0.3 is 5.97 Å². The number of carbonyl (C=O) groups excluding carboxylic acids is 1. The first-order chi connectivity index (χ1) is 7.61. The molecule has 0 aromatic heterocycles. The molecule has 1 N–H and O–H groups in total. The van der Waals surface area contributed by atoms with Gasteiger partial charge in [-0.25, -0.2) is 4.39 Å². The Morgan fingerprint density at radius 3 is 2.56 bits per heavy atom. The fraction of sp³-hybridized carbons (Fsp3) is 0.333. The molecule has 0 atom stereocenters. The predicted octanol–water partition coefficient (Wildman–Crippen LogP) is 2.34. The Bertz CT molecular complexity index is 373. The third kappa shape index (κ3) is 4.21. The smallest absolute Gasteiger partial charge is 0.311 e. The summed E-state index contributed by atoms with van der Waals surface area (Å²) in [6.45, 7) is 2.05. The second-order valence-corrected chi connectivity index (χ2v) is 3.39. The van der Waals surface area contributed by atoms with E-state index in [1.807, 2.05) is 0 Å². The van der Waals surface area contributed by atoms with E-state index >= 15 is 0 Å². The molecular formula is C12H14FNO2. The van der Waals surface area contributed by atoms with Gasteiger partial charge in [0.05, 0.1) is 13.0 Å². The average Bonchev–Trinajstić information content (AvgIpc) is 2.21. The number of hydrogen-bond donors (Lipinski definition) is 1. The predicted molar refractivity (Wildman–Crippen MR) is 59.1 cm³/mol. The Kier molecular flexibility index (Phi) is 4.64.